The highest BCUT2D eigenvalue weighted by molar-refractivity contribution is 7.92. The summed E-state index contributed by atoms with van der Waals surface area (Å²) in [6.45, 7) is 1.99. The quantitative estimate of drug-likeness (QED) is 0.403. The molecule has 1 aliphatic rings. The SMILES string of the molecule is COc1ccc(NC(=O)CN(c2cccc(Cl)c2C)S(=O)(=O)c2ccccc2)cc1S(=O)(=O)N1CCOCC1. The van der Waals surface area contributed by atoms with E-state index in [1.165, 1.54) is 41.7 Å². The third-order valence-corrected chi connectivity index (χ3v) is 10.3. The van der Waals surface area contributed by atoms with E-state index in [2.05, 4.69) is 5.32 Å². The van der Waals surface area contributed by atoms with E-state index in [-0.39, 0.29) is 53.2 Å². The Kier molecular flexibility index (Phi) is 8.82. The number of carbonyl (C=O) groups excluding carboxylic acids is 1. The van der Waals surface area contributed by atoms with Gasteiger partial charge in [-0.1, -0.05) is 35.9 Å². The van der Waals surface area contributed by atoms with E-state index < -0.39 is 32.5 Å². The van der Waals surface area contributed by atoms with Crippen molar-refractivity contribution in [3.8, 4) is 5.75 Å². The van der Waals surface area contributed by atoms with Crippen LogP contribution in [-0.2, 0) is 29.6 Å². The molecule has 0 saturated carbocycles. The van der Waals surface area contributed by atoms with Crippen molar-refractivity contribution in [3.05, 3.63) is 77.3 Å². The molecule has 1 aliphatic heterocycles. The van der Waals surface area contributed by atoms with Crippen molar-refractivity contribution in [3.63, 3.8) is 0 Å². The van der Waals surface area contributed by atoms with Crippen LogP contribution in [0.25, 0.3) is 0 Å². The number of benzene rings is 3. The van der Waals surface area contributed by atoms with Gasteiger partial charge in [-0.05, 0) is 55.0 Å². The summed E-state index contributed by atoms with van der Waals surface area (Å²) in [4.78, 5) is 13.1. The normalized spacial score (nSPS) is 14.5. The standard InChI is InChI=1S/C26H28ClN3O7S2/c1-19-22(27)9-6-10-23(19)30(38(32,33)21-7-4-3-5-8-21)18-26(31)28-20-11-12-24(36-2)25(17-20)39(34,35)29-13-15-37-16-14-29/h3-12,17H,13-16,18H2,1-2H3,(H,28,31). The van der Waals surface area contributed by atoms with E-state index >= 15 is 0 Å². The predicted molar refractivity (Wildman–Crippen MR) is 148 cm³/mol. The lowest BCUT2D eigenvalue weighted by molar-refractivity contribution is -0.114. The van der Waals surface area contributed by atoms with Crippen LogP contribution in [-0.4, -0.2) is 67.0 Å². The number of hydrogen-bond acceptors (Lipinski definition) is 7. The zero-order valence-electron chi connectivity index (χ0n) is 21.3. The van der Waals surface area contributed by atoms with E-state index in [4.69, 9.17) is 21.1 Å². The summed E-state index contributed by atoms with van der Waals surface area (Å²) in [7, 11) is -6.75. The highest BCUT2D eigenvalue weighted by Gasteiger charge is 2.31. The molecule has 10 nitrogen and oxygen atoms in total. The number of nitrogens with one attached hydrogen (secondary N) is 1. The fourth-order valence-corrected chi connectivity index (χ4v) is 7.36. The van der Waals surface area contributed by atoms with Crippen LogP contribution in [0.3, 0.4) is 0 Å². The molecular weight excluding hydrogens is 566 g/mol. The number of morpholine rings is 1. The van der Waals surface area contributed by atoms with Crippen LogP contribution in [0.2, 0.25) is 5.02 Å². The molecule has 1 heterocycles. The van der Waals surface area contributed by atoms with Gasteiger partial charge in [0.2, 0.25) is 15.9 Å². The second-order valence-corrected chi connectivity index (χ2v) is 12.8. The predicted octanol–water partition coefficient (Wildman–Crippen LogP) is 3.51. The molecule has 0 spiro atoms. The maximum absolute atomic E-state index is 13.6. The summed E-state index contributed by atoms with van der Waals surface area (Å²) in [5.41, 5.74) is 0.883. The second kappa shape index (κ2) is 11.9. The van der Waals surface area contributed by atoms with E-state index in [1.54, 1.807) is 43.3 Å². The summed E-state index contributed by atoms with van der Waals surface area (Å²) in [5, 5.41) is 2.97. The number of carbonyl (C=O) groups is 1. The first-order valence-corrected chi connectivity index (χ1v) is 15.2. The van der Waals surface area contributed by atoms with Crippen molar-refractivity contribution in [1.82, 2.24) is 4.31 Å². The topological polar surface area (TPSA) is 122 Å². The minimum Gasteiger partial charge on any atom is -0.495 e. The minimum atomic E-state index is -4.16. The summed E-state index contributed by atoms with van der Waals surface area (Å²) in [6.07, 6.45) is 0. The Morgan fingerprint density at radius 3 is 2.38 bits per heavy atom. The molecule has 13 heteroatoms. The fraction of sp³-hybridized carbons (Fsp3) is 0.269. The fourth-order valence-electron chi connectivity index (χ4n) is 4.10. The third kappa shape index (κ3) is 6.20. The zero-order chi connectivity index (χ0) is 28.2. The number of nitrogens with zero attached hydrogens (tertiary/aromatic N) is 2. The first-order chi connectivity index (χ1) is 18.6. The molecule has 0 aromatic heterocycles. The first-order valence-electron chi connectivity index (χ1n) is 11.9. The number of rotatable bonds is 9. The van der Waals surface area contributed by atoms with Gasteiger partial charge in [-0.25, -0.2) is 16.8 Å². The molecule has 208 valence electrons. The summed E-state index contributed by atoms with van der Waals surface area (Å²) in [6, 6.07) is 16.7. The van der Waals surface area contributed by atoms with E-state index in [0.717, 1.165) is 4.31 Å². The van der Waals surface area contributed by atoms with Gasteiger partial charge in [0.1, 0.15) is 17.2 Å². The van der Waals surface area contributed by atoms with Gasteiger partial charge in [-0.3, -0.25) is 9.10 Å². The number of amides is 1. The molecular formula is C26H28ClN3O7S2. The lowest BCUT2D eigenvalue weighted by Crippen LogP contribution is -2.40. The van der Waals surface area contributed by atoms with Gasteiger partial charge >= 0.3 is 0 Å². The summed E-state index contributed by atoms with van der Waals surface area (Å²) >= 11 is 6.27. The average molecular weight is 594 g/mol. The second-order valence-electron chi connectivity index (χ2n) is 8.64. The molecule has 4 rings (SSSR count). The Bertz CT molecular complexity index is 1560. The van der Waals surface area contributed by atoms with Crippen LogP contribution in [0.4, 0.5) is 11.4 Å². The van der Waals surface area contributed by atoms with Gasteiger partial charge in [0.25, 0.3) is 10.0 Å². The molecule has 1 saturated heterocycles. The number of hydrogen-bond donors (Lipinski definition) is 1. The monoisotopic (exact) mass is 593 g/mol. The Hall–Kier alpha value is -3.16. The molecule has 1 amide bonds. The Balaban J connectivity index is 1.66. The number of halogens is 1. The van der Waals surface area contributed by atoms with Crippen molar-refractivity contribution in [2.24, 2.45) is 0 Å². The molecule has 0 aliphatic carbocycles. The third-order valence-electron chi connectivity index (χ3n) is 6.16. The Labute approximate surface area is 233 Å². The Morgan fingerprint density at radius 1 is 1.03 bits per heavy atom. The molecule has 0 radical (unpaired) electrons. The highest BCUT2D eigenvalue weighted by Crippen LogP contribution is 2.32. The highest BCUT2D eigenvalue weighted by atomic mass is 35.5. The maximum atomic E-state index is 13.6. The molecule has 1 N–H and O–H groups in total. The van der Waals surface area contributed by atoms with Gasteiger partial charge in [0.05, 0.1) is 30.9 Å². The van der Waals surface area contributed by atoms with Crippen molar-refractivity contribution in [2.75, 3.05) is 49.6 Å². The summed E-state index contributed by atoms with van der Waals surface area (Å²) in [5.74, 6) is -0.573. The number of methoxy groups -OCH3 is 1. The molecule has 0 unspecified atom stereocenters. The van der Waals surface area contributed by atoms with Crippen LogP contribution in [0, 0.1) is 6.92 Å². The minimum absolute atomic E-state index is 0.000476. The van der Waals surface area contributed by atoms with Crippen molar-refractivity contribution >= 4 is 48.9 Å². The lowest BCUT2D eigenvalue weighted by atomic mass is 10.2. The average Bonchev–Trinajstić information content (AvgIpc) is 2.94. The van der Waals surface area contributed by atoms with Crippen LogP contribution >= 0.6 is 11.6 Å². The van der Waals surface area contributed by atoms with Crippen LogP contribution < -0.4 is 14.4 Å². The first kappa shape index (κ1) is 28.8. The largest absolute Gasteiger partial charge is 0.495 e. The molecule has 1 fully saturated rings. The number of sulfonamides is 2. The van der Waals surface area contributed by atoms with Crippen molar-refractivity contribution in [1.29, 1.82) is 0 Å². The molecule has 3 aromatic carbocycles. The van der Waals surface area contributed by atoms with Gasteiger partial charge in [-0.15, -0.1) is 0 Å². The molecule has 0 atom stereocenters. The van der Waals surface area contributed by atoms with E-state index in [0.29, 0.717) is 10.6 Å². The smallest absolute Gasteiger partial charge is 0.264 e. The lowest BCUT2D eigenvalue weighted by Gasteiger charge is -2.27. The maximum Gasteiger partial charge on any atom is 0.264 e. The zero-order valence-corrected chi connectivity index (χ0v) is 23.7. The van der Waals surface area contributed by atoms with Crippen LogP contribution in [0.15, 0.2) is 76.5 Å². The molecule has 3 aromatic rings. The van der Waals surface area contributed by atoms with Crippen LogP contribution in [0.1, 0.15) is 5.56 Å². The van der Waals surface area contributed by atoms with Gasteiger partial charge in [0, 0.05) is 23.8 Å². The van der Waals surface area contributed by atoms with Crippen molar-refractivity contribution in [2.45, 2.75) is 16.7 Å². The van der Waals surface area contributed by atoms with Gasteiger partial charge in [-0.2, -0.15) is 4.31 Å². The van der Waals surface area contributed by atoms with Gasteiger partial charge < -0.3 is 14.8 Å². The van der Waals surface area contributed by atoms with Crippen LogP contribution in [0.5, 0.6) is 5.75 Å². The van der Waals surface area contributed by atoms with Gasteiger partial charge in [0.15, 0.2) is 0 Å². The number of anilines is 2. The van der Waals surface area contributed by atoms with E-state index in [9.17, 15) is 21.6 Å². The van der Waals surface area contributed by atoms with Crippen molar-refractivity contribution < 1.29 is 31.1 Å². The number of ether oxygens (including phenoxy) is 2. The van der Waals surface area contributed by atoms with E-state index in [1.807, 2.05) is 0 Å². The summed E-state index contributed by atoms with van der Waals surface area (Å²) < 4.78 is 66.6. The molecule has 39 heavy (non-hydrogen) atoms. The molecule has 0 bridgehead atoms. The Morgan fingerprint density at radius 2 is 1.72 bits per heavy atom.